The maximum absolute atomic E-state index is 10.1. The summed E-state index contributed by atoms with van der Waals surface area (Å²) in [5, 5.41) is 1.87. The van der Waals surface area contributed by atoms with Gasteiger partial charge in [-0.3, -0.25) is 14.9 Å². The summed E-state index contributed by atoms with van der Waals surface area (Å²) in [7, 11) is 0. The zero-order valence-electron chi connectivity index (χ0n) is 19.2. The van der Waals surface area contributed by atoms with E-state index in [1.807, 2.05) is 72.8 Å². The minimum Gasteiger partial charge on any atom is -0.493 e. The number of para-hydroxylation sites is 2. The number of carbonyl (C=O) groups is 2. The maximum Gasteiger partial charge on any atom is 0.286 e. The number of imide groups is 1. The molecular formula is C27H29NO5S. The Balaban J connectivity index is 0.000000396. The lowest BCUT2D eigenvalue weighted by atomic mass is 10.1. The largest absolute Gasteiger partial charge is 0.493 e. The van der Waals surface area contributed by atoms with E-state index in [0.29, 0.717) is 19.0 Å². The summed E-state index contributed by atoms with van der Waals surface area (Å²) in [5.74, 6) is 3.60. The van der Waals surface area contributed by atoms with Crippen LogP contribution in [0.1, 0.15) is 25.3 Å². The van der Waals surface area contributed by atoms with Crippen LogP contribution in [0.4, 0.5) is 4.79 Å². The molecule has 0 radical (unpaired) electrons. The molecule has 0 saturated carbocycles. The standard InChI is InChI=1S/C24H26O3.C3H3NO2S/c1-2-10-20-19-23(27-22-13-7-4-8-14-22)15-16-24(20)26-18-9-17-25-21-11-5-3-6-12-21;5-2-1-7-3(6)4-2/h3-8,11-16,19H,2,9-10,17-18H2,1H3;1H2,(H,4,5,6). The highest BCUT2D eigenvalue weighted by atomic mass is 32.2. The van der Waals surface area contributed by atoms with Crippen LogP contribution in [0.25, 0.3) is 0 Å². The Morgan fingerprint density at radius 2 is 1.50 bits per heavy atom. The number of benzene rings is 3. The lowest BCUT2D eigenvalue weighted by molar-refractivity contribution is -0.117. The maximum atomic E-state index is 10.1. The van der Waals surface area contributed by atoms with Crippen molar-refractivity contribution >= 4 is 22.9 Å². The Labute approximate surface area is 204 Å². The van der Waals surface area contributed by atoms with Crippen molar-refractivity contribution in [2.75, 3.05) is 19.0 Å². The Morgan fingerprint density at radius 3 is 2.09 bits per heavy atom. The van der Waals surface area contributed by atoms with Crippen LogP contribution in [-0.4, -0.2) is 30.1 Å². The van der Waals surface area contributed by atoms with Crippen molar-refractivity contribution in [3.8, 4) is 23.0 Å². The molecule has 1 aliphatic rings. The summed E-state index contributed by atoms with van der Waals surface area (Å²) in [5.41, 5.74) is 1.18. The molecule has 0 aromatic heterocycles. The van der Waals surface area contributed by atoms with Crippen LogP contribution < -0.4 is 19.5 Å². The van der Waals surface area contributed by atoms with E-state index in [9.17, 15) is 9.59 Å². The van der Waals surface area contributed by atoms with E-state index in [1.165, 1.54) is 5.56 Å². The predicted octanol–water partition coefficient (Wildman–Crippen LogP) is 6.25. The molecule has 0 unspecified atom stereocenters. The number of carbonyl (C=O) groups excluding carboxylic acids is 2. The number of nitrogens with one attached hydrogen (secondary N) is 1. The zero-order chi connectivity index (χ0) is 24.0. The van der Waals surface area contributed by atoms with Gasteiger partial charge in [-0.1, -0.05) is 61.5 Å². The molecular weight excluding hydrogens is 450 g/mol. The average molecular weight is 480 g/mol. The van der Waals surface area contributed by atoms with E-state index in [0.717, 1.165) is 54.0 Å². The first kappa shape index (κ1) is 25.2. The van der Waals surface area contributed by atoms with Gasteiger partial charge in [0.15, 0.2) is 0 Å². The third-order valence-electron chi connectivity index (χ3n) is 4.66. The van der Waals surface area contributed by atoms with Crippen molar-refractivity contribution in [3.05, 3.63) is 84.4 Å². The highest BCUT2D eigenvalue weighted by Gasteiger charge is 2.16. The van der Waals surface area contributed by atoms with E-state index in [-0.39, 0.29) is 11.1 Å². The van der Waals surface area contributed by atoms with Gasteiger partial charge in [0.05, 0.1) is 19.0 Å². The average Bonchev–Trinajstić information content (AvgIpc) is 3.24. The number of hydrogen-bond donors (Lipinski definition) is 1. The molecule has 0 atom stereocenters. The van der Waals surface area contributed by atoms with Gasteiger partial charge >= 0.3 is 0 Å². The van der Waals surface area contributed by atoms with Crippen molar-refractivity contribution in [2.24, 2.45) is 0 Å². The van der Waals surface area contributed by atoms with Gasteiger partial charge in [-0.05, 0) is 54.4 Å². The fraction of sp³-hybridized carbons (Fsp3) is 0.259. The quantitative estimate of drug-likeness (QED) is 0.347. The van der Waals surface area contributed by atoms with Crippen molar-refractivity contribution in [3.63, 3.8) is 0 Å². The van der Waals surface area contributed by atoms with Crippen LogP contribution in [0, 0.1) is 0 Å². The van der Waals surface area contributed by atoms with E-state index in [1.54, 1.807) is 0 Å². The third kappa shape index (κ3) is 8.83. The van der Waals surface area contributed by atoms with Gasteiger partial charge < -0.3 is 14.2 Å². The molecule has 1 saturated heterocycles. The third-order valence-corrected chi connectivity index (χ3v) is 5.43. The molecule has 0 bridgehead atoms. The van der Waals surface area contributed by atoms with Crippen molar-refractivity contribution in [1.82, 2.24) is 5.32 Å². The number of aryl methyl sites for hydroxylation is 1. The molecule has 6 nitrogen and oxygen atoms in total. The van der Waals surface area contributed by atoms with Crippen LogP contribution >= 0.6 is 11.8 Å². The molecule has 1 heterocycles. The van der Waals surface area contributed by atoms with Crippen LogP contribution in [0.15, 0.2) is 78.9 Å². The van der Waals surface area contributed by atoms with Crippen LogP contribution in [-0.2, 0) is 11.2 Å². The SMILES string of the molecule is CCCc1cc(Oc2ccccc2)ccc1OCCCOc1ccccc1.O=C1CSC(=O)N1. The number of amides is 2. The normalized spacial score (nSPS) is 12.4. The second-order valence-electron chi connectivity index (χ2n) is 7.42. The van der Waals surface area contributed by atoms with E-state index >= 15 is 0 Å². The Morgan fingerprint density at radius 1 is 0.824 bits per heavy atom. The van der Waals surface area contributed by atoms with Crippen LogP contribution in [0.5, 0.6) is 23.0 Å². The van der Waals surface area contributed by atoms with Crippen molar-refractivity contribution < 1.29 is 23.8 Å². The van der Waals surface area contributed by atoms with Gasteiger partial charge in [0.2, 0.25) is 5.91 Å². The Bertz CT molecular complexity index is 1030. The monoisotopic (exact) mass is 479 g/mol. The summed E-state index contributed by atoms with van der Waals surface area (Å²) in [6.07, 6.45) is 2.85. The minimum absolute atomic E-state index is 0.185. The van der Waals surface area contributed by atoms with E-state index < -0.39 is 0 Å². The minimum atomic E-state index is -0.231. The summed E-state index contributed by atoms with van der Waals surface area (Å²) in [6, 6.07) is 25.7. The molecule has 0 spiro atoms. The lowest BCUT2D eigenvalue weighted by Crippen LogP contribution is -2.18. The topological polar surface area (TPSA) is 73.9 Å². The first-order chi connectivity index (χ1) is 16.6. The van der Waals surface area contributed by atoms with E-state index in [4.69, 9.17) is 14.2 Å². The first-order valence-corrected chi connectivity index (χ1v) is 12.3. The molecule has 7 heteroatoms. The number of hydrogen-bond acceptors (Lipinski definition) is 6. The lowest BCUT2D eigenvalue weighted by Gasteiger charge is -2.14. The molecule has 2 amide bonds. The van der Waals surface area contributed by atoms with Gasteiger partial charge in [-0.15, -0.1) is 0 Å². The fourth-order valence-electron chi connectivity index (χ4n) is 3.11. The Hall–Kier alpha value is -3.45. The molecule has 1 aliphatic heterocycles. The van der Waals surface area contributed by atoms with Gasteiger partial charge in [0, 0.05) is 6.42 Å². The molecule has 34 heavy (non-hydrogen) atoms. The Kier molecular flexibility index (Phi) is 10.3. The summed E-state index contributed by atoms with van der Waals surface area (Å²) in [6.45, 7) is 3.44. The second kappa shape index (κ2) is 14.0. The predicted molar refractivity (Wildman–Crippen MR) is 135 cm³/mol. The van der Waals surface area contributed by atoms with Gasteiger partial charge in [0.25, 0.3) is 5.24 Å². The first-order valence-electron chi connectivity index (χ1n) is 11.3. The second-order valence-corrected chi connectivity index (χ2v) is 8.37. The molecule has 3 aromatic carbocycles. The number of rotatable bonds is 10. The highest BCUT2D eigenvalue weighted by molar-refractivity contribution is 8.14. The number of thioether (sulfide) groups is 1. The van der Waals surface area contributed by atoms with Crippen LogP contribution in [0.3, 0.4) is 0 Å². The molecule has 3 aromatic rings. The molecule has 178 valence electrons. The molecule has 0 aliphatic carbocycles. The van der Waals surface area contributed by atoms with Crippen molar-refractivity contribution in [2.45, 2.75) is 26.2 Å². The number of ether oxygens (including phenoxy) is 3. The zero-order valence-corrected chi connectivity index (χ0v) is 20.0. The van der Waals surface area contributed by atoms with Gasteiger partial charge in [-0.25, -0.2) is 0 Å². The van der Waals surface area contributed by atoms with Crippen LogP contribution in [0.2, 0.25) is 0 Å². The summed E-state index contributed by atoms with van der Waals surface area (Å²) >= 11 is 1.01. The summed E-state index contributed by atoms with van der Waals surface area (Å²) < 4.78 is 17.6. The molecule has 4 rings (SSSR count). The van der Waals surface area contributed by atoms with E-state index in [2.05, 4.69) is 18.3 Å². The fourth-order valence-corrected chi connectivity index (χ4v) is 3.63. The highest BCUT2D eigenvalue weighted by Crippen LogP contribution is 2.29. The molecule has 1 fully saturated rings. The van der Waals surface area contributed by atoms with Gasteiger partial charge in [0.1, 0.15) is 23.0 Å². The summed E-state index contributed by atoms with van der Waals surface area (Å²) in [4.78, 5) is 20.2. The van der Waals surface area contributed by atoms with Crippen molar-refractivity contribution in [1.29, 1.82) is 0 Å². The smallest absolute Gasteiger partial charge is 0.286 e. The van der Waals surface area contributed by atoms with Gasteiger partial charge in [-0.2, -0.15) is 0 Å². The molecule has 1 N–H and O–H groups in total.